The molecule has 0 amide bonds. The highest BCUT2D eigenvalue weighted by Crippen LogP contribution is 2.23. The molecule has 0 unspecified atom stereocenters. The molecule has 0 atom stereocenters. The van der Waals surface area contributed by atoms with Crippen molar-refractivity contribution >= 4 is 5.65 Å². The van der Waals surface area contributed by atoms with Crippen molar-refractivity contribution in [2.24, 2.45) is 0 Å². The summed E-state index contributed by atoms with van der Waals surface area (Å²) in [6.07, 6.45) is 3.41. The third-order valence-corrected chi connectivity index (χ3v) is 3.60. The van der Waals surface area contributed by atoms with E-state index in [-0.39, 0.29) is 11.3 Å². The van der Waals surface area contributed by atoms with E-state index in [0.717, 1.165) is 16.8 Å². The van der Waals surface area contributed by atoms with E-state index < -0.39 is 0 Å². The molecule has 0 aliphatic heterocycles. The van der Waals surface area contributed by atoms with Crippen LogP contribution in [0.5, 0.6) is 5.75 Å². The van der Waals surface area contributed by atoms with Gasteiger partial charge in [0.15, 0.2) is 5.65 Å². The van der Waals surface area contributed by atoms with Crippen molar-refractivity contribution < 1.29 is 5.11 Å². The van der Waals surface area contributed by atoms with Crippen LogP contribution in [0.25, 0.3) is 28.2 Å². The van der Waals surface area contributed by atoms with Crippen LogP contribution in [-0.2, 0) is 0 Å². The fraction of sp³-hybridized carbons (Fsp3) is 0. The molecule has 0 saturated heterocycles. The van der Waals surface area contributed by atoms with E-state index in [1.165, 1.54) is 10.6 Å². The van der Waals surface area contributed by atoms with Crippen LogP contribution in [0.2, 0.25) is 0 Å². The first kappa shape index (κ1) is 13.3. The summed E-state index contributed by atoms with van der Waals surface area (Å²) in [4.78, 5) is 21.2. The molecule has 0 aliphatic rings. The zero-order valence-corrected chi connectivity index (χ0v) is 12.0. The summed E-state index contributed by atoms with van der Waals surface area (Å²) in [5.41, 5.74) is 3.10. The van der Waals surface area contributed by atoms with Gasteiger partial charge in [0.1, 0.15) is 5.75 Å². The normalized spacial score (nSPS) is 11.0. The number of benzene rings is 1. The predicted octanol–water partition coefficient (Wildman–Crippen LogP) is 2.46. The Hall–Kier alpha value is -3.41. The smallest absolute Gasteiger partial charge is 0.273 e. The highest BCUT2D eigenvalue weighted by Gasteiger charge is 2.12. The Labute approximate surface area is 130 Å². The average Bonchev–Trinajstić information content (AvgIpc) is 3.01. The Morgan fingerprint density at radius 3 is 2.61 bits per heavy atom. The molecule has 112 valence electrons. The van der Waals surface area contributed by atoms with Gasteiger partial charge >= 0.3 is 0 Å². The maximum atomic E-state index is 12.3. The van der Waals surface area contributed by atoms with Crippen LogP contribution in [0.1, 0.15) is 0 Å². The van der Waals surface area contributed by atoms with E-state index in [1.807, 2.05) is 18.2 Å². The molecule has 6 nitrogen and oxygen atoms in total. The number of pyridine rings is 1. The molecule has 0 fully saturated rings. The fourth-order valence-electron chi connectivity index (χ4n) is 2.47. The number of hydrogen-bond donors (Lipinski definition) is 2. The van der Waals surface area contributed by atoms with E-state index in [4.69, 9.17) is 0 Å². The van der Waals surface area contributed by atoms with Gasteiger partial charge in [-0.05, 0) is 36.4 Å². The lowest BCUT2D eigenvalue weighted by atomic mass is 10.1. The van der Waals surface area contributed by atoms with Crippen molar-refractivity contribution in [2.75, 3.05) is 0 Å². The summed E-state index contributed by atoms with van der Waals surface area (Å²) in [6, 6.07) is 13.6. The standard InChI is InChI=1S/C17H12N4O2/c22-12-6-4-11(5-7-12)15-9-16(23)21-17(20-15)13(10-19-21)14-3-1-2-8-18-14/h1-10,19,22H. The molecule has 23 heavy (non-hydrogen) atoms. The topological polar surface area (TPSA) is 83.3 Å². The van der Waals surface area contributed by atoms with Crippen LogP contribution >= 0.6 is 0 Å². The number of fused-ring (bicyclic) bond motifs is 1. The van der Waals surface area contributed by atoms with Gasteiger partial charge in [-0.15, -0.1) is 0 Å². The highest BCUT2D eigenvalue weighted by molar-refractivity contribution is 5.76. The van der Waals surface area contributed by atoms with E-state index in [1.54, 1.807) is 36.7 Å². The minimum atomic E-state index is -0.208. The zero-order valence-electron chi connectivity index (χ0n) is 12.0. The number of nitrogens with one attached hydrogen (secondary N) is 1. The molecule has 0 saturated carbocycles. The summed E-state index contributed by atoms with van der Waals surface area (Å²) < 4.78 is 1.38. The van der Waals surface area contributed by atoms with Gasteiger partial charge in [-0.2, -0.15) is 0 Å². The first-order chi connectivity index (χ1) is 11.2. The summed E-state index contributed by atoms with van der Waals surface area (Å²) >= 11 is 0. The Kier molecular flexibility index (Phi) is 2.94. The number of aromatic nitrogens is 4. The molecule has 0 spiro atoms. The Bertz CT molecular complexity index is 1030. The van der Waals surface area contributed by atoms with Gasteiger partial charge in [0.05, 0.1) is 17.0 Å². The second kappa shape index (κ2) is 5.10. The lowest BCUT2D eigenvalue weighted by Crippen LogP contribution is -2.14. The summed E-state index contributed by atoms with van der Waals surface area (Å²) in [6.45, 7) is 0. The maximum absolute atomic E-state index is 12.3. The Morgan fingerprint density at radius 2 is 1.87 bits per heavy atom. The van der Waals surface area contributed by atoms with Gasteiger partial charge in [-0.1, -0.05) is 6.07 Å². The van der Waals surface area contributed by atoms with Crippen molar-refractivity contribution in [2.45, 2.75) is 0 Å². The minimum Gasteiger partial charge on any atom is -0.508 e. The van der Waals surface area contributed by atoms with Crippen LogP contribution in [0.3, 0.4) is 0 Å². The molecule has 4 aromatic rings. The van der Waals surface area contributed by atoms with Crippen LogP contribution in [0.4, 0.5) is 0 Å². The van der Waals surface area contributed by atoms with Gasteiger partial charge in [0.25, 0.3) is 5.56 Å². The first-order valence-electron chi connectivity index (χ1n) is 7.04. The molecular formula is C17H12N4O2. The molecule has 2 N–H and O–H groups in total. The first-order valence-corrected chi connectivity index (χ1v) is 7.04. The summed E-state index contributed by atoms with van der Waals surface area (Å²) in [5.74, 6) is 0.169. The second-order valence-electron chi connectivity index (χ2n) is 5.09. The predicted molar refractivity (Wildman–Crippen MR) is 86.1 cm³/mol. The number of aromatic amines is 1. The van der Waals surface area contributed by atoms with Crippen LogP contribution in [0, 0.1) is 0 Å². The molecule has 3 heterocycles. The fourth-order valence-corrected chi connectivity index (χ4v) is 2.47. The molecule has 0 radical (unpaired) electrons. The minimum absolute atomic E-state index is 0.169. The number of phenols is 1. The SMILES string of the molecule is O=c1cc(-c2ccc(O)cc2)nc2c(-c3ccccn3)c[nH]n12. The number of hydrogen-bond acceptors (Lipinski definition) is 4. The number of nitrogens with zero attached hydrogens (tertiary/aromatic N) is 3. The molecule has 6 heteroatoms. The van der Waals surface area contributed by atoms with Crippen LogP contribution < -0.4 is 5.56 Å². The monoisotopic (exact) mass is 304 g/mol. The van der Waals surface area contributed by atoms with Gasteiger partial charge in [-0.3, -0.25) is 14.9 Å². The maximum Gasteiger partial charge on any atom is 0.273 e. The lowest BCUT2D eigenvalue weighted by Gasteiger charge is -2.03. The van der Waals surface area contributed by atoms with Gasteiger partial charge in [-0.25, -0.2) is 9.50 Å². The average molecular weight is 304 g/mol. The van der Waals surface area contributed by atoms with Crippen molar-refractivity contribution in [1.29, 1.82) is 0 Å². The van der Waals surface area contributed by atoms with Gasteiger partial charge < -0.3 is 5.11 Å². The summed E-state index contributed by atoms with van der Waals surface area (Å²) in [7, 11) is 0. The second-order valence-corrected chi connectivity index (χ2v) is 5.09. The molecule has 0 aliphatic carbocycles. The molecule has 1 aromatic carbocycles. The lowest BCUT2D eigenvalue weighted by molar-refractivity contribution is 0.475. The third-order valence-electron chi connectivity index (χ3n) is 3.60. The quantitative estimate of drug-likeness (QED) is 0.596. The van der Waals surface area contributed by atoms with E-state index >= 15 is 0 Å². The molecule has 3 aromatic heterocycles. The van der Waals surface area contributed by atoms with E-state index in [2.05, 4.69) is 15.1 Å². The van der Waals surface area contributed by atoms with Crippen molar-refractivity contribution in [3.63, 3.8) is 0 Å². The van der Waals surface area contributed by atoms with E-state index in [9.17, 15) is 9.90 Å². The number of rotatable bonds is 2. The number of phenolic OH excluding ortho intramolecular Hbond substituents is 1. The summed E-state index contributed by atoms with van der Waals surface area (Å²) in [5, 5.41) is 12.3. The van der Waals surface area contributed by atoms with Crippen molar-refractivity contribution in [1.82, 2.24) is 19.6 Å². The zero-order chi connectivity index (χ0) is 15.8. The van der Waals surface area contributed by atoms with Crippen molar-refractivity contribution in [3.8, 4) is 28.3 Å². The largest absolute Gasteiger partial charge is 0.508 e. The Balaban J connectivity index is 1.95. The molecular weight excluding hydrogens is 292 g/mol. The van der Waals surface area contributed by atoms with Crippen LogP contribution in [-0.4, -0.2) is 24.7 Å². The van der Waals surface area contributed by atoms with Crippen molar-refractivity contribution in [3.05, 3.63) is 71.3 Å². The van der Waals surface area contributed by atoms with E-state index in [0.29, 0.717) is 11.3 Å². The Morgan fingerprint density at radius 1 is 1.04 bits per heavy atom. The van der Waals surface area contributed by atoms with Gasteiger partial charge in [0, 0.05) is 24.0 Å². The van der Waals surface area contributed by atoms with Gasteiger partial charge in [0.2, 0.25) is 0 Å². The highest BCUT2D eigenvalue weighted by atomic mass is 16.3. The number of aromatic hydroxyl groups is 1. The molecule has 4 rings (SSSR count). The molecule has 0 bridgehead atoms. The van der Waals surface area contributed by atoms with Crippen LogP contribution in [0.15, 0.2) is 65.7 Å². The number of H-pyrrole nitrogens is 1. The third kappa shape index (κ3) is 2.26.